The Morgan fingerprint density at radius 2 is 2.18 bits per heavy atom. The fourth-order valence-electron chi connectivity index (χ4n) is 0.850. The van der Waals surface area contributed by atoms with Gasteiger partial charge in [-0.05, 0) is 30.2 Å². The SMILES string of the molecule is C=Cc1cc(C)c(O)cc1Cl. The first kappa shape index (κ1) is 8.15. The lowest BCUT2D eigenvalue weighted by molar-refractivity contribution is 0.471. The fourth-order valence-corrected chi connectivity index (χ4v) is 1.08. The predicted molar refractivity (Wildman–Crippen MR) is 47.9 cm³/mol. The van der Waals surface area contributed by atoms with Crippen molar-refractivity contribution in [1.29, 1.82) is 0 Å². The summed E-state index contributed by atoms with van der Waals surface area (Å²) in [4.78, 5) is 0. The lowest BCUT2D eigenvalue weighted by Gasteiger charge is -2.02. The van der Waals surface area contributed by atoms with Crippen molar-refractivity contribution in [2.45, 2.75) is 6.92 Å². The Balaban J connectivity index is 3.31. The van der Waals surface area contributed by atoms with Gasteiger partial charge in [-0.1, -0.05) is 24.3 Å². The molecule has 0 heterocycles. The summed E-state index contributed by atoms with van der Waals surface area (Å²) >= 11 is 5.77. The van der Waals surface area contributed by atoms with Crippen LogP contribution in [0.2, 0.25) is 5.02 Å². The maximum absolute atomic E-state index is 9.20. The molecule has 0 spiro atoms. The molecule has 1 N–H and O–H groups in total. The number of aryl methyl sites for hydroxylation is 1. The monoisotopic (exact) mass is 168 g/mol. The lowest BCUT2D eigenvalue weighted by Crippen LogP contribution is -1.79. The van der Waals surface area contributed by atoms with E-state index in [2.05, 4.69) is 6.58 Å². The van der Waals surface area contributed by atoms with E-state index in [0.717, 1.165) is 11.1 Å². The molecule has 1 rings (SSSR count). The second-order valence-corrected chi connectivity index (χ2v) is 2.77. The van der Waals surface area contributed by atoms with E-state index >= 15 is 0 Å². The highest BCUT2D eigenvalue weighted by Crippen LogP contribution is 2.25. The van der Waals surface area contributed by atoms with Crippen molar-refractivity contribution in [2.75, 3.05) is 0 Å². The first-order valence-corrected chi connectivity index (χ1v) is 3.64. The quantitative estimate of drug-likeness (QED) is 0.684. The number of phenols is 1. The van der Waals surface area contributed by atoms with Crippen LogP contribution in [0.25, 0.3) is 6.08 Å². The van der Waals surface area contributed by atoms with Crippen molar-refractivity contribution in [3.63, 3.8) is 0 Å². The van der Waals surface area contributed by atoms with Crippen molar-refractivity contribution in [2.24, 2.45) is 0 Å². The Labute approximate surface area is 70.9 Å². The van der Waals surface area contributed by atoms with Gasteiger partial charge in [0.15, 0.2) is 0 Å². The van der Waals surface area contributed by atoms with Crippen molar-refractivity contribution in [1.82, 2.24) is 0 Å². The van der Waals surface area contributed by atoms with E-state index in [1.807, 2.05) is 6.92 Å². The molecule has 0 saturated heterocycles. The highest BCUT2D eigenvalue weighted by atomic mass is 35.5. The van der Waals surface area contributed by atoms with E-state index in [4.69, 9.17) is 11.6 Å². The molecule has 1 aromatic carbocycles. The molecule has 0 aliphatic heterocycles. The molecule has 0 atom stereocenters. The number of hydrogen-bond donors (Lipinski definition) is 1. The molecule has 0 bridgehead atoms. The van der Waals surface area contributed by atoms with Gasteiger partial charge in [0.2, 0.25) is 0 Å². The summed E-state index contributed by atoms with van der Waals surface area (Å²) in [5, 5.41) is 9.73. The van der Waals surface area contributed by atoms with E-state index in [0.29, 0.717) is 5.02 Å². The summed E-state index contributed by atoms with van der Waals surface area (Å²) in [5.41, 5.74) is 1.66. The van der Waals surface area contributed by atoms with E-state index < -0.39 is 0 Å². The summed E-state index contributed by atoms with van der Waals surface area (Å²) in [5.74, 6) is 0.223. The summed E-state index contributed by atoms with van der Waals surface area (Å²) in [6.07, 6.45) is 1.66. The van der Waals surface area contributed by atoms with Gasteiger partial charge in [-0.15, -0.1) is 0 Å². The number of rotatable bonds is 1. The summed E-state index contributed by atoms with van der Waals surface area (Å²) in [6.45, 7) is 5.41. The van der Waals surface area contributed by atoms with Gasteiger partial charge < -0.3 is 5.11 Å². The zero-order valence-corrected chi connectivity index (χ0v) is 7.02. The molecule has 0 saturated carbocycles. The molecule has 2 heteroatoms. The van der Waals surface area contributed by atoms with Crippen LogP contribution in [0.15, 0.2) is 18.7 Å². The number of phenolic OH excluding ortho intramolecular Hbond substituents is 1. The highest BCUT2D eigenvalue weighted by molar-refractivity contribution is 6.32. The molecular formula is C9H9ClO. The van der Waals surface area contributed by atoms with Crippen LogP contribution in [0.1, 0.15) is 11.1 Å². The zero-order valence-electron chi connectivity index (χ0n) is 6.26. The molecular weight excluding hydrogens is 160 g/mol. The van der Waals surface area contributed by atoms with Gasteiger partial charge in [-0.25, -0.2) is 0 Å². The number of hydrogen-bond acceptors (Lipinski definition) is 1. The Morgan fingerprint density at radius 1 is 1.55 bits per heavy atom. The molecule has 1 aromatic rings. The maximum atomic E-state index is 9.20. The molecule has 0 radical (unpaired) electrons. The third kappa shape index (κ3) is 1.55. The van der Waals surface area contributed by atoms with Crippen molar-refractivity contribution in [3.05, 3.63) is 34.9 Å². The van der Waals surface area contributed by atoms with Crippen molar-refractivity contribution in [3.8, 4) is 5.75 Å². The van der Waals surface area contributed by atoms with Crippen LogP contribution < -0.4 is 0 Å². The van der Waals surface area contributed by atoms with Crippen molar-refractivity contribution < 1.29 is 5.11 Å². The summed E-state index contributed by atoms with van der Waals surface area (Å²) < 4.78 is 0. The van der Waals surface area contributed by atoms with Gasteiger partial charge in [0.1, 0.15) is 5.75 Å². The fraction of sp³-hybridized carbons (Fsp3) is 0.111. The number of benzene rings is 1. The maximum Gasteiger partial charge on any atom is 0.120 e. The average molecular weight is 169 g/mol. The van der Waals surface area contributed by atoms with Crippen molar-refractivity contribution >= 4 is 17.7 Å². The Morgan fingerprint density at radius 3 is 2.73 bits per heavy atom. The van der Waals surface area contributed by atoms with Crippen LogP contribution in [-0.4, -0.2) is 5.11 Å². The van der Waals surface area contributed by atoms with Gasteiger partial charge in [0.25, 0.3) is 0 Å². The topological polar surface area (TPSA) is 20.2 Å². The van der Waals surface area contributed by atoms with Gasteiger partial charge in [0.05, 0.1) is 5.02 Å². The third-order valence-corrected chi connectivity index (χ3v) is 1.86. The molecule has 0 aliphatic rings. The Bertz CT molecular complexity index is 292. The number of aromatic hydroxyl groups is 1. The highest BCUT2D eigenvalue weighted by Gasteiger charge is 2.00. The lowest BCUT2D eigenvalue weighted by atomic mass is 10.1. The van der Waals surface area contributed by atoms with E-state index in [-0.39, 0.29) is 5.75 Å². The third-order valence-electron chi connectivity index (χ3n) is 1.54. The minimum atomic E-state index is 0.223. The average Bonchev–Trinajstić information content (AvgIpc) is 1.97. The van der Waals surface area contributed by atoms with E-state index in [1.54, 1.807) is 12.1 Å². The van der Waals surface area contributed by atoms with Crippen LogP contribution in [0, 0.1) is 6.92 Å². The summed E-state index contributed by atoms with van der Waals surface area (Å²) in [7, 11) is 0. The van der Waals surface area contributed by atoms with E-state index in [9.17, 15) is 5.11 Å². The minimum absolute atomic E-state index is 0.223. The molecule has 0 unspecified atom stereocenters. The second kappa shape index (κ2) is 2.97. The largest absolute Gasteiger partial charge is 0.508 e. The van der Waals surface area contributed by atoms with Crippen LogP contribution in [0.5, 0.6) is 5.75 Å². The molecule has 11 heavy (non-hydrogen) atoms. The zero-order chi connectivity index (χ0) is 8.43. The standard InChI is InChI=1S/C9H9ClO/c1-3-7-4-6(2)9(11)5-8(7)10/h3-5,11H,1H2,2H3. The molecule has 0 amide bonds. The first-order valence-electron chi connectivity index (χ1n) is 3.26. The van der Waals surface area contributed by atoms with Gasteiger partial charge in [-0.2, -0.15) is 0 Å². The van der Waals surface area contributed by atoms with Gasteiger partial charge in [-0.3, -0.25) is 0 Å². The predicted octanol–water partition coefficient (Wildman–Crippen LogP) is 3.00. The van der Waals surface area contributed by atoms with E-state index in [1.165, 1.54) is 6.07 Å². The molecule has 0 aliphatic carbocycles. The molecule has 0 aromatic heterocycles. The normalized spacial score (nSPS) is 9.64. The summed E-state index contributed by atoms with van der Waals surface area (Å²) in [6, 6.07) is 3.32. The van der Waals surface area contributed by atoms with Crippen LogP contribution in [-0.2, 0) is 0 Å². The molecule has 0 fully saturated rings. The molecule has 58 valence electrons. The van der Waals surface area contributed by atoms with Crippen LogP contribution in [0.3, 0.4) is 0 Å². The Hall–Kier alpha value is -0.950. The molecule has 1 nitrogen and oxygen atoms in total. The van der Waals surface area contributed by atoms with Crippen LogP contribution >= 0.6 is 11.6 Å². The van der Waals surface area contributed by atoms with Crippen LogP contribution in [0.4, 0.5) is 0 Å². The van der Waals surface area contributed by atoms with Gasteiger partial charge >= 0.3 is 0 Å². The smallest absolute Gasteiger partial charge is 0.120 e. The number of halogens is 1. The minimum Gasteiger partial charge on any atom is -0.508 e. The first-order chi connectivity index (χ1) is 5.15. The Kier molecular flexibility index (Phi) is 2.20. The van der Waals surface area contributed by atoms with Gasteiger partial charge in [0, 0.05) is 0 Å². The second-order valence-electron chi connectivity index (χ2n) is 2.36.